The lowest BCUT2D eigenvalue weighted by Crippen LogP contribution is -2.20. The highest BCUT2D eigenvalue weighted by atomic mass is 35.5. The number of benzene rings is 1. The molecule has 0 saturated carbocycles. The first kappa shape index (κ1) is 9.83. The summed E-state index contributed by atoms with van der Waals surface area (Å²) in [4.78, 5) is 10.5. The van der Waals surface area contributed by atoms with Crippen LogP contribution >= 0.6 is 11.6 Å². The number of phenolic OH excluding ortho intramolecular Hbond substituents is 1. The van der Waals surface area contributed by atoms with Gasteiger partial charge >= 0.3 is 5.97 Å². The van der Waals surface area contributed by atoms with E-state index in [9.17, 15) is 4.79 Å². The Bertz CT molecular complexity index is 340. The Kier molecular flexibility index (Phi) is 2.75. The maximum atomic E-state index is 10.5. The van der Waals surface area contributed by atoms with E-state index in [0.717, 1.165) is 0 Å². The van der Waals surface area contributed by atoms with Gasteiger partial charge < -0.3 is 15.9 Å². The van der Waals surface area contributed by atoms with E-state index in [1.165, 1.54) is 18.2 Å². The fourth-order valence-electron chi connectivity index (χ4n) is 0.910. The second-order valence-electron chi connectivity index (χ2n) is 2.50. The molecule has 1 aromatic carbocycles. The normalized spacial score (nSPS) is 12.5. The fourth-order valence-corrected chi connectivity index (χ4v) is 1.15. The third-order valence-corrected chi connectivity index (χ3v) is 2.02. The van der Waals surface area contributed by atoms with Gasteiger partial charge in [-0.2, -0.15) is 0 Å². The zero-order valence-electron chi connectivity index (χ0n) is 6.57. The van der Waals surface area contributed by atoms with E-state index in [2.05, 4.69) is 0 Å². The summed E-state index contributed by atoms with van der Waals surface area (Å²) in [5, 5.41) is 17.7. The fraction of sp³-hybridized carbons (Fsp3) is 0.125. The first-order valence-corrected chi connectivity index (χ1v) is 3.87. The van der Waals surface area contributed by atoms with Crippen molar-refractivity contribution in [1.29, 1.82) is 0 Å². The van der Waals surface area contributed by atoms with Crippen LogP contribution in [0.5, 0.6) is 5.75 Å². The standard InChI is InChI=1S/C8H8ClNO3/c9-6-4(7(10)8(12)13)2-1-3-5(6)11/h1-3,7,11H,10H2,(H,12,13)/t7-/m1/s1. The lowest BCUT2D eigenvalue weighted by Gasteiger charge is -2.09. The molecule has 4 nitrogen and oxygen atoms in total. The highest BCUT2D eigenvalue weighted by Gasteiger charge is 2.18. The van der Waals surface area contributed by atoms with Crippen molar-refractivity contribution >= 4 is 17.6 Å². The quantitative estimate of drug-likeness (QED) is 0.670. The first-order valence-electron chi connectivity index (χ1n) is 3.50. The van der Waals surface area contributed by atoms with Crippen LogP contribution in [0.2, 0.25) is 5.02 Å². The molecule has 4 N–H and O–H groups in total. The average molecular weight is 202 g/mol. The molecule has 0 aliphatic rings. The van der Waals surface area contributed by atoms with Gasteiger partial charge in [-0.05, 0) is 6.07 Å². The smallest absolute Gasteiger partial charge is 0.325 e. The molecule has 0 unspecified atom stereocenters. The van der Waals surface area contributed by atoms with Crippen molar-refractivity contribution < 1.29 is 15.0 Å². The maximum absolute atomic E-state index is 10.5. The van der Waals surface area contributed by atoms with E-state index in [4.69, 9.17) is 27.5 Å². The molecule has 0 amide bonds. The summed E-state index contributed by atoms with van der Waals surface area (Å²) < 4.78 is 0. The number of halogens is 1. The molecule has 0 aromatic heterocycles. The van der Waals surface area contributed by atoms with E-state index in [0.29, 0.717) is 0 Å². The van der Waals surface area contributed by atoms with Crippen LogP contribution in [-0.4, -0.2) is 16.2 Å². The molecular formula is C8H8ClNO3. The Morgan fingerprint density at radius 3 is 2.69 bits per heavy atom. The van der Waals surface area contributed by atoms with Crippen LogP contribution in [-0.2, 0) is 4.79 Å². The second-order valence-corrected chi connectivity index (χ2v) is 2.87. The van der Waals surface area contributed by atoms with Crippen LogP contribution in [0.15, 0.2) is 18.2 Å². The molecule has 5 heteroatoms. The first-order chi connectivity index (χ1) is 6.04. The van der Waals surface area contributed by atoms with Crippen LogP contribution in [0, 0.1) is 0 Å². The monoisotopic (exact) mass is 201 g/mol. The predicted octanol–water partition coefficient (Wildman–Crippen LogP) is 1.13. The highest BCUT2D eigenvalue weighted by molar-refractivity contribution is 6.33. The van der Waals surface area contributed by atoms with Gasteiger partial charge in [0.1, 0.15) is 11.8 Å². The minimum atomic E-state index is -1.21. The number of aromatic hydroxyl groups is 1. The minimum Gasteiger partial charge on any atom is -0.506 e. The van der Waals surface area contributed by atoms with Crippen LogP contribution in [0.1, 0.15) is 11.6 Å². The summed E-state index contributed by atoms with van der Waals surface area (Å²) in [6, 6.07) is 3.10. The van der Waals surface area contributed by atoms with Crippen molar-refractivity contribution in [3.8, 4) is 5.75 Å². The summed E-state index contributed by atoms with van der Waals surface area (Å²) in [5.41, 5.74) is 5.52. The summed E-state index contributed by atoms with van der Waals surface area (Å²) in [6.07, 6.45) is 0. The van der Waals surface area contributed by atoms with E-state index in [1.807, 2.05) is 0 Å². The number of rotatable bonds is 2. The second kappa shape index (κ2) is 3.64. The van der Waals surface area contributed by atoms with Crippen LogP contribution in [0.25, 0.3) is 0 Å². The number of carboxylic acid groups (broad SMARTS) is 1. The van der Waals surface area contributed by atoms with Gasteiger partial charge in [0.2, 0.25) is 0 Å². The molecule has 0 saturated heterocycles. The van der Waals surface area contributed by atoms with Gasteiger partial charge in [-0.1, -0.05) is 23.7 Å². The maximum Gasteiger partial charge on any atom is 0.325 e. The number of phenols is 1. The Hall–Kier alpha value is -1.26. The Balaban J connectivity index is 3.15. The Labute approximate surface area is 79.6 Å². The number of nitrogens with two attached hydrogens (primary N) is 1. The van der Waals surface area contributed by atoms with Crippen molar-refractivity contribution in [2.24, 2.45) is 5.73 Å². The summed E-state index contributed by atoms with van der Waals surface area (Å²) in [7, 11) is 0. The average Bonchev–Trinajstić information content (AvgIpc) is 2.08. The number of hydrogen-bond donors (Lipinski definition) is 3. The molecule has 70 valence electrons. The largest absolute Gasteiger partial charge is 0.506 e. The zero-order chi connectivity index (χ0) is 10.0. The van der Waals surface area contributed by atoms with Crippen molar-refractivity contribution in [2.75, 3.05) is 0 Å². The molecule has 0 bridgehead atoms. The van der Waals surface area contributed by atoms with E-state index in [-0.39, 0.29) is 16.3 Å². The summed E-state index contributed by atoms with van der Waals surface area (Å²) in [5.74, 6) is -1.36. The Morgan fingerprint density at radius 2 is 2.15 bits per heavy atom. The molecule has 0 aliphatic heterocycles. The third kappa shape index (κ3) is 1.91. The van der Waals surface area contributed by atoms with Gasteiger partial charge in [-0.3, -0.25) is 4.79 Å². The van der Waals surface area contributed by atoms with Crippen LogP contribution < -0.4 is 5.73 Å². The van der Waals surface area contributed by atoms with Crippen molar-refractivity contribution in [3.63, 3.8) is 0 Å². The number of carboxylic acids is 1. The van der Waals surface area contributed by atoms with Crippen molar-refractivity contribution in [2.45, 2.75) is 6.04 Å². The molecule has 1 aromatic rings. The number of carbonyl (C=O) groups is 1. The predicted molar refractivity (Wildman–Crippen MR) is 47.7 cm³/mol. The van der Waals surface area contributed by atoms with Crippen LogP contribution in [0.4, 0.5) is 0 Å². The number of hydrogen-bond acceptors (Lipinski definition) is 3. The van der Waals surface area contributed by atoms with E-state index < -0.39 is 12.0 Å². The third-order valence-electron chi connectivity index (χ3n) is 1.61. The van der Waals surface area contributed by atoms with Crippen molar-refractivity contribution in [3.05, 3.63) is 28.8 Å². The summed E-state index contributed by atoms with van der Waals surface area (Å²) >= 11 is 5.64. The molecule has 1 rings (SSSR count). The van der Waals surface area contributed by atoms with E-state index >= 15 is 0 Å². The van der Waals surface area contributed by atoms with Crippen molar-refractivity contribution in [1.82, 2.24) is 0 Å². The molecular weight excluding hydrogens is 194 g/mol. The lowest BCUT2D eigenvalue weighted by molar-refractivity contribution is -0.138. The SMILES string of the molecule is N[C@@H](C(=O)O)c1cccc(O)c1Cl. The number of aliphatic carboxylic acids is 1. The van der Waals surface area contributed by atoms with Gasteiger partial charge in [-0.15, -0.1) is 0 Å². The lowest BCUT2D eigenvalue weighted by atomic mass is 10.1. The van der Waals surface area contributed by atoms with Gasteiger partial charge in [-0.25, -0.2) is 0 Å². The molecule has 0 spiro atoms. The Morgan fingerprint density at radius 1 is 1.54 bits per heavy atom. The molecule has 0 radical (unpaired) electrons. The molecule has 13 heavy (non-hydrogen) atoms. The van der Waals surface area contributed by atoms with Gasteiger partial charge in [0.25, 0.3) is 0 Å². The molecule has 1 atom stereocenters. The summed E-state index contributed by atoms with van der Waals surface area (Å²) in [6.45, 7) is 0. The van der Waals surface area contributed by atoms with Gasteiger partial charge in [0.15, 0.2) is 0 Å². The van der Waals surface area contributed by atoms with Crippen LogP contribution in [0.3, 0.4) is 0 Å². The van der Waals surface area contributed by atoms with E-state index in [1.54, 1.807) is 0 Å². The topological polar surface area (TPSA) is 83.6 Å². The van der Waals surface area contributed by atoms with Gasteiger partial charge in [0, 0.05) is 5.56 Å². The zero-order valence-corrected chi connectivity index (χ0v) is 7.32. The molecule has 0 heterocycles. The van der Waals surface area contributed by atoms with Gasteiger partial charge in [0.05, 0.1) is 5.02 Å². The molecule has 0 fully saturated rings. The highest BCUT2D eigenvalue weighted by Crippen LogP contribution is 2.29. The molecule has 0 aliphatic carbocycles. The minimum absolute atomic E-state index is 0.0163.